The van der Waals surface area contributed by atoms with Crippen LogP contribution < -0.4 is 0 Å². The van der Waals surface area contributed by atoms with Crippen LogP contribution in [0.1, 0.15) is 369 Å². The monoisotopic (exact) mass is 1340 g/mol. The zero-order chi connectivity index (χ0) is 67.2. The van der Waals surface area contributed by atoms with Gasteiger partial charge in [-0.25, -0.2) is 9.13 Å². The lowest BCUT2D eigenvalue weighted by atomic mass is 10.0. The number of esters is 4. The smallest absolute Gasteiger partial charge is 0.462 e. The molecule has 0 saturated heterocycles. The Balaban J connectivity index is 5.24. The largest absolute Gasteiger partial charge is 0.472 e. The first-order valence-electron chi connectivity index (χ1n) is 37.5. The van der Waals surface area contributed by atoms with Gasteiger partial charge in [0.15, 0.2) is 12.2 Å². The number of aliphatic hydroxyl groups excluding tert-OH is 1. The highest BCUT2D eigenvalue weighted by Crippen LogP contribution is 2.45. The number of phosphoric acid groups is 2. The molecular weight excluding hydrogens is 1200 g/mol. The molecule has 91 heavy (non-hydrogen) atoms. The van der Waals surface area contributed by atoms with Crippen LogP contribution in [-0.2, 0) is 65.4 Å². The van der Waals surface area contributed by atoms with E-state index in [1.165, 1.54) is 186 Å². The second-order valence-corrected chi connectivity index (χ2v) is 29.8. The molecule has 0 bridgehead atoms. The second kappa shape index (κ2) is 64.1. The summed E-state index contributed by atoms with van der Waals surface area (Å²) in [7, 11) is -9.90. The van der Waals surface area contributed by atoms with E-state index in [4.69, 9.17) is 37.0 Å². The van der Waals surface area contributed by atoms with Crippen molar-refractivity contribution in [3.05, 3.63) is 0 Å². The first-order valence-corrected chi connectivity index (χ1v) is 40.5. The van der Waals surface area contributed by atoms with Gasteiger partial charge in [0.1, 0.15) is 19.3 Å². The Morgan fingerprint density at radius 1 is 0.297 bits per heavy atom. The van der Waals surface area contributed by atoms with Crippen molar-refractivity contribution in [1.82, 2.24) is 0 Å². The van der Waals surface area contributed by atoms with Crippen LogP contribution in [0.5, 0.6) is 0 Å². The molecule has 0 radical (unpaired) electrons. The predicted molar refractivity (Wildman–Crippen MR) is 368 cm³/mol. The summed E-state index contributed by atoms with van der Waals surface area (Å²) in [6.07, 6.45) is 49.8. The van der Waals surface area contributed by atoms with Gasteiger partial charge in [0, 0.05) is 25.7 Å². The van der Waals surface area contributed by atoms with Crippen LogP contribution in [0.3, 0.4) is 0 Å². The van der Waals surface area contributed by atoms with Gasteiger partial charge in [-0.15, -0.1) is 0 Å². The van der Waals surface area contributed by atoms with Gasteiger partial charge in [-0.2, -0.15) is 0 Å². The van der Waals surface area contributed by atoms with Crippen molar-refractivity contribution in [2.45, 2.75) is 387 Å². The lowest BCUT2D eigenvalue weighted by Crippen LogP contribution is -2.30. The minimum atomic E-state index is -4.95. The number of rotatable bonds is 71. The number of hydrogen-bond acceptors (Lipinski definition) is 15. The van der Waals surface area contributed by atoms with Crippen LogP contribution in [0.25, 0.3) is 0 Å². The van der Waals surface area contributed by atoms with Gasteiger partial charge in [0.05, 0.1) is 26.4 Å². The average molecular weight is 1340 g/mol. The summed E-state index contributed by atoms with van der Waals surface area (Å²) in [6, 6.07) is 0. The zero-order valence-corrected chi connectivity index (χ0v) is 60.9. The number of phosphoric ester groups is 2. The summed E-state index contributed by atoms with van der Waals surface area (Å²) >= 11 is 0. The maximum Gasteiger partial charge on any atom is 0.472 e. The molecule has 0 aliphatic carbocycles. The molecule has 0 rings (SSSR count). The molecule has 0 aliphatic heterocycles. The lowest BCUT2D eigenvalue weighted by Gasteiger charge is -2.21. The molecule has 17 nitrogen and oxygen atoms in total. The summed E-state index contributed by atoms with van der Waals surface area (Å²) in [5.74, 6) is -0.575. The normalized spacial score (nSPS) is 14.1. The minimum absolute atomic E-state index is 0.107. The number of carbonyl (C=O) groups excluding carboxylic acids is 4. The molecule has 5 atom stereocenters. The Morgan fingerprint density at radius 2 is 0.505 bits per heavy atom. The minimum Gasteiger partial charge on any atom is -0.462 e. The van der Waals surface area contributed by atoms with Crippen LogP contribution in [0.2, 0.25) is 0 Å². The third-order valence-electron chi connectivity index (χ3n) is 16.7. The average Bonchev–Trinajstić information content (AvgIpc) is 2.39. The van der Waals surface area contributed by atoms with E-state index in [9.17, 15) is 43.2 Å². The highest BCUT2D eigenvalue weighted by Gasteiger charge is 2.30. The number of unbranched alkanes of at least 4 members (excludes halogenated alkanes) is 41. The summed E-state index contributed by atoms with van der Waals surface area (Å²) in [5.41, 5.74) is 0. The van der Waals surface area contributed by atoms with E-state index >= 15 is 0 Å². The van der Waals surface area contributed by atoms with Crippen LogP contribution in [0.4, 0.5) is 0 Å². The predicted octanol–water partition coefficient (Wildman–Crippen LogP) is 20.8. The van der Waals surface area contributed by atoms with Crippen molar-refractivity contribution in [3.63, 3.8) is 0 Å². The molecule has 19 heteroatoms. The first kappa shape index (κ1) is 89.1. The van der Waals surface area contributed by atoms with Gasteiger partial charge >= 0.3 is 39.5 Å². The van der Waals surface area contributed by atoms with Gasteiger partial charge in [-0.3, -0.25) is 37.3 Å². The summed E-state index contributed by atoms with van der Waals surface area (Å²) in [4.78, 5) is 72.6. The summed E-state index contributed by atoms with van der Waals surface area (Å²) < 4.78 is 68.4. The van der Waals surface area contributed by atoms with Gasteiger partial charge in [-0.1, -0.05) is 318 Å². The standard InChI is InChI=1S/C72H140O17P2/c1-7-9-11-13-15-17-18-20-24-32-38-44-50-56-71(76)88-67(60-82-69(74)54-48-42-36-28-16-14-12-10-8-2)62-86-90(78,79)84-58-66(73)59-85-91(80,81)87-63-68(61-83-70(75)55-49-43-37-31-27-26-30-35-41-47-53-65(5)6)89-72(77)57-51-45-39-33-25-22-19-21-23-29-34-40-46-52-64(3)4/h64-68,73H,7-63H2,1-6H3,(H,78,79)(H,80,81)/t66-,67+,68+/m0/s1. The van der Waals surface area contributed by atoms with Crippen molar-refractivity contribution in [2.24, 2.45) is 11.8 Å². The molecule has 0 saturated carbocycles. The van der Waals surface area contributed by atoms with E-state index in [0.717, 1.165) is 102 Å². The summed E-state index contributed by atoms with van der Waals surface area (Å²) in [5, 5.41) is 10.6. The molecule has 2 unspecified atom stereocenters. The first-order chi connectivity index (χ1) is 43.9. The molecule has 0 fully saturated rings. The van der Waals surface area contributed by atoms with E-state index in [1.807, 2.05) is 0 Å². The third-order valence-corrected chi connectivity index (χ3v) is 18.6. The molecule has 0 aromatic heterocycles. The molecule has 0 amide bonds. The van der Waals surface area contributed by atoms with Crippen LogP contribution in [0, 0.1) is 11.8 Å². The van der Waals surface area contributed by atoms with Gasteiger partial charge in [0.2, 0.25) is 0 Å². The Hall–Kier alpha value is -1.94. The molecule has 0 heterocycles. The summed E-state index contributed by atoms with van der Waals surface area (Å²) in [6.45, 7) is 9.57. The number of ether oxygens (including phenoxy) is 4. The molecule has 3 N–H and O–H groups in total. The van der Waals surface area contributed by atoms with E-state index in [1.54, 1.807) is 0 Å². The van der Waals surface area contributed by atoms with E-state index in [2.05, 4.69) is 41.5 Å². The third kappa shape index (κ3) is 66.5. The van der Waals surface area contributed by atoms with Crippen molar-refractivity contribution in [1.29, 1.82) is 0 Å². The molecule has 0 spiro atoms. The van der Waals surface area contributed by atoms with Gasteiger partial charge in [0.25, 0.3) is 0 Å². The zero-order valence-electron chi connectivity index (χ0n) is 59.1. The fraction of sp³-hybridized carbons (Fsp3) is 0.944. The van der Waals surface area contributed by atoms with Crippen LogP contribution in [-0.4, -0.2) is 96.7 Å². The lowest BCUT2D eigenvalue weighted by molar-refractivity contribution is -0.161. The van der Waals surface area contributed by atoms with Crippen molar-refractivity contribution in [3.8, 4) is 0 Å². The SMILES string of the molecule is CCCCCCCCCCCCCCCC(=O)O[C@H](COC(=O)CCCCCCCCCCC)COP(=O)(O)OC[C@H](O)COP(=O)(O)OC[C@@H](COC(=O)CCCCCCCCCCCCC(C)C)OC(=O)CCCCCCCCCCCCCCCC(C)C. The van der Waals surface area contributed by atoms with Crippen LogP contribution in [0.15, 0.2) is 0 Å². The maximum atomic E-state index is 13.0. The molecule has 0 aromatic carbocycles. The Kier molecular flexibility index (Phi) is 62.7. The van der Waals surface area contributed by atoms with E-state index < -0.39 is 97.5 Å². The van der Waals surface area contributed by atoms with Gasteiger partial charge < -0.3 is 33.8 Å². The Bertz CT molecular complexity index is 1770. The van der Waals surface area contributed by atoms with Crippen molar-refractivity contribution in [2.75, 3.05) is 39.6 Å². The van der Waals surface area contributed by atoms with E-state index in [-0.39, 0.29) is 25.7 Å². The van der Waals surface area contributed by atoms with Crippen molar-refractivity contribution < 1.29 is 80.2 Å². The topological polar surface area (TPSA) is 237 Å². The Labute approximate surface area is 556 Å². The fourth-order valence-corrected chi connectivity index (χ4v) is 12.5. The molecular formula is C72H140O17P2. The van der Waals surface area contributed by atoms with Crippen molar-refractivity contribution >= 4 is 39.5 Å². The van der Waals surface area contributed by atoms with Crippen LogP contribution >= 0.6 is 15.6 Å². The second-order valence-electron chi connectivity index (χ2n) is 26.9. The number of hydrogen-bond donors (Lipinski definition) is 3. The number of aliphatic hydroxyl groups is 1. The highest BCUT2D eigenvalue weighted by atomic mass is 31.2. The molecule has 540 valence electrons. The highest BCUT2D eigenvalue weighted by molar-refractivity contribution is 7.47. The van der Waals surface area contributed by atoms with Gasteiger partial charge in [-0.05, 0) is 37.5 Å². The quantitative estimate of drug-likeness (QED) is 0.0222. The Morgan fingerprint density at radius 3 is 0.747 bits per heavy atom. The molecule has 0 aromatic rings. The fourth-order valence-electron chi connectivity index (χ4n) is 10.9. The number of carbonyl (C=O) groups is 4. The maximum absolute atomic E-state index is 13.0. The van der Waals surface area contributed by atoms with E-state index in [0.29, 0.717) is 25.7 Å². The molecule has 0 aliphatic rings.